The van der Waals surface area contributed by atoms with Crippen LogP contribution < -0.4 is 4.72 Å². The van der Waals surface area contributed by atoms with Gasteiger partial charge in [-0.05, 0) is 38.5 Å². The molecule has 1 unspecified atom stereocenters. The Bertz CT molecular complexity index is 384. The Balaban J connectivity index is 2.89. The van der Waals surface area contributed by atoms with Gasteiger partial charge in [0.2, 0.25) is 0 Å². The van der Waals surface area contributed by atoms with Crippen LogP contribution in [0.5, 0.6) is 0 Å². The fraction of sp³-hybridized carbons (Fsp3) is 0.500. The van der Waals surface area contributed by atoms with Gasteiger partial charge in [-0.25, -0.2) is 4.72 Å². The Hall–Kier alpha value is -0.200. The number of nitrogens with one attached hydrogen (secondary N) is 1. The molecule has 0 spiro atoms. The van der Waals surface area contributed by atoms with Gasteiger partial charge in [0.1, 0.15) is 6.04 Å². The lowest BCUT2D eigenvalue weighted by molar-refractivity contribution is -0.152. The second-order valence-corrected chi connectivity index (χ2v) is 7.44. The van der Waals surface area contributed by atoms with Crippen LogP contribution in [-0.4, -0.2) is 10.9 Å². The summed E-state index contributed by atoms with van der Waals surface area (Å²) in [5.74, 6) is 0. The van der Waals surface area contributed by atoms with Crippen LogP contribution in [-0.2, 0) is 0 Å². The largest absolute Gasteiger partial charge is 0.408 e. The molecular weight excluding hydrogens is 327 g/mol. The lowest BCUT2D eigenvalue weighted by Crippen LogP contribution is -2.32. The molecule has 1 rings (SSSR count). The Morgan fingerprint density at radius 1 is 1.11 bits per heavy atom. The number of alkyl halides is 3. The summed E-state index contributed by atoms with van der Waals surface area (Å²) in [5.41, 5.74) is 0.211. The summed E-state index contributed by atoms with van der Waals surface area (Å²) >= 11 is 4.29. The second kappa shape index (κ2) is 5.84. The van der Waals surface area contributed by atoms with E-state index in [1.165, 1.54) is 12.1 Å². The van der Waals surface area contributed by atoms with Gasteiger partial charge in [0.05, 0.1) is 0 Å². The molecule has 0 heterocycles. The topological polar surface area (TPSA) is 12.0 Å². The molecule has 18 heavy (non-hydrogen) atoms. The van der Waals surface area contributed by atoms with E-state index in [9.17, 15) is 13.2 Å². The highest BCUT2D eigenvalue weighted by Crippen LogP contribution is 2.36. The van der Waals surface area contributed by atoms with E-state index in [0.717, 1.165) is 16.4 Å². The first-order valence-corrected chi connectivity index (χ1v) is 6.96. The van der Waals surface area contributed by atoms with Crippen LogP contribution in [0, 0.1) is 0 Å². The number of halogens is 4. The number of hydrogen-bond acceptors (Lipinski definition) is 2. The summed E-state index contributed by atoms with van der Waals surface area (Å²) in [4.78, 5) is 0. The number of benzene rings is 1. The maximum absolute atomic E-state index is 13.0. The predicted octanol–water partition coefficient (Wildman–Crippen LogP) is 5.09. The summed E-state index contributed by atoms with van der Waals surface area (Å²) in [6, 6.07) is 4.50. The maximum Gasteiger partial charge on any atom is 0.408 e. The summed E-state index contributed by atoms with van der Waals surface area (Å²) in [7, 11) is 0. The minimum atomic E-state index is -4.31. The SMILES string of the molecule is CC(C)(C)SNC(c1ccc(Br)cc1)C(F)(F)F. The van der Waals surface area contributed by atoms with Crippen LogP contribution in [0.3, 0.4) is 0 Å². The number of rotatable bonds is 3. The zero-order valence-corrected chi connectivity index (χ0v) is 12.7. The summed E-state index contributed by atoms with van der Waals surface area (Å²) in [6.45, 7) is 5.58. The van der Waals surface area contributed by atoms with Crippen molar-refractivity contribution < 1.29 is 13.2 Å². The molecule has 0 amide bonds. The van der Waals surface area contributed by atoms with Gasteiger partial charge >= 0.3 is 6.18 Å². The molecule has 0 fully saturated rings. The van der Waals surface area contributed by atoms with Crippen molar-refractivity contribution >= 4 is 27.9 Å². The van der Waals surface area contributed by atoms with Crippen LogP contribution in [0.1, 0.15) is 32.4 Å². The van der Waals surface area contributed by atoms with Crippen molar-refractivity contribution in [3.63, 3.8) is 0 Å². The van der Waals surface area contributed by atoms with E-state index in [0.29, 0.717) is 0 Å². The smallest absolute Gasteiger partial charge is 0.248 e. The van der Waals surface area contributed by atoms with Gasteiger partial charge in [-0.1, -0.05) is 40.0 Å². The van der Waals surface area contributed by atoms with Crippen molar-refractivity contribution in [2.24, 2.45) is 0 Å². The molecule has 0 saturated carbocycles. The van der Waals surface area contributed by atoms with Gasteiger partial charge in [-0.3, -0.25) is 0 Å². The van der Waals surface area contributed by atoms with E-state index >= 15 is 0 Å². The van der Waals surface area contributed by atoms with E-state index in [-0.39, 0.29) is 10.3 Å². The summed E-state index contributed by atoms with van der Waals surface area (Å²) in [5, 5.41) is 0. The lowest BCUT2D eigenvalue weighted by atomic mass is 10.1. The van der Waals surface area contributed by atoms with Crippen LogP contribution >= 0.6 is 27.9 Å². The molecule has 1 nitrogen and oxygen atoms in total. The van der Waals surface area contributed by atoms with Gasteiger partial charge in [-0.15, -0.1) is 0 Å². The van der Waals surface area contributed by atoms with Crippen molar-refractivity contribution in [3.05, 3.63) is 34.3 Å². The van der Waals surface area contributed by atoms with Crippen molar-refractivity contribution in [2.75, 3.05) is 0 Å². The zero-order valence-electron chi connectivity index (χ0n) is 10.3. The highest BCUT2D eigenvalue weighted by molar-refractivity contribution is 9.10. The van der Waals surface area contributed by atoms with Crippen LogP contribution in [0.4, 0.5) is 13.2 Å². The van der Waals surface area contributed by atoms with E-state index < -0.39 is 12.2 Å². The molecule has 0 aromatic heterocycles. The fourth-order valence-electron chi connectivity index (χ4n) is 1.21. The Morgan fingerprint density at radius 3 is 2.00 bits per heavy atom. The Kier molecular flexibility index (Phi) is 5.14. The van der Waals surface area contributed by atoms with Gasteiger partial charge in [0, 0.05) is 9.22 Å². The first-order chi connectivity index (χ1) is 8.09. The third kappa shape index (κ3) is 5.20. The lowest BCUT2D eigenvalue weighted by Gasteiger charge is -2.26. The average Bonchev–Trinajstić information content (AvgIpc) is 2.17. The molecule has 1 aromatic rings. The molecule has 0 bridgehead atoms. The third-order valence-electron chi connectivity index (χ3n) is 2.01. The van der Waals surface area contributed by atoms with Crippen molar-refractivity contribution in [3.8, 4) is 0 Å². The summed E-state index contributed by atoms with van der Waals surface area (Å²) < 4.78 is 42.0. The molecule has 1 aromatic carbocycles. The molecule has 0 radical (unpaired) electrons. The normalized spacial score (nSPS) is 14.6. The van der Waals surface area contributed by atoms with Crippen molar-refractivity contribution in [1.29, 1.82) is 0 Å². The quantitative estimate of drug-likeness (QED) is 0.768. The van der Waals surface area contributed by atoms with Crippen LogP contribution in [0.25, 0.3) is 0 Å². The zero-order chi connectivity index (χ0) is 14.0. The van der Waals surface area contributed by atoms with Gasteiger partial charge in [0.15, 0.2) is 0 Å². The fourth-order valence-corrected chi connectivity index (χ4v) is 2.22. The monoisotopic (exact) mass is 341 g/mol. The maximum atomic E-state index is 13.0. The molecule has 0 saturated heterocycles. The minimum absolute atomic E-state index is 0.211. The molecular formula is C12H15BrF3NS. The second-order valence-electron chi connectivity index (χ2n) is 4.86. The first-order valence-electron chi connectivity index (χ1n) is 5.35. The average molecular weight is 342 g/mol. The molecule has 0 aliphatic carbocycles. The molecule has 1 N–H and O–H groups in total. The van der Waals surface area contributed by atoms with E-state index in [1.54, 1.807) is 12.1 Å². The highest BCUT2D eigenvalue weighted by Gasteiger charge is 2.41. The molecule has 0 aliphatic rings. The predicted molar refractivity (Wildman–Crippen MR) is 73.4 cm³/mol. The van der Waals surface area contributed by atoms with Crippen LogP contribution in [0.15, 0.2) is 28.7 Å². The Labute approximate surface area is 118 Å². The number of hydrogen-bond donors (Lipinski definition) is 1. The Morgan fingerprint density at radius 2 is 1.61 bits per heavy atom. The van der Waals surface area contributed by atoms with Gasteiger partial charge in [-0.2, -0.15) is 13.2 Å². The van der Waals surface area contributed by atoms with Gasteiger partial charge < -0.3 is 0 Å². The van der Waals surface area contributed by atoms with E-state index in [4.69, 9.17) is 0 Å². The van der Waals surface area contributed by atoms with Gasteiger partial charge in [0.25, 0.3) is 0 Å². The highest BCUT2D eigenvalue weighted by atomic mass is 79.9. The van der Waals surface area contributed by atoms with Crippen molar-refractivity contribution in [2.45, 2.75) is 37.7 Å². The molecule has 6 heteroatoms. The molecule has 0 aliphatic heterocycles. The van der Waals surface area contributed by atoms with Crippen molar-refractivity contribution in [1.82, 2.24) is 4.72 Å². The molecule has 102 valence electrons. The van der Waals surface area contributed by atoms with E-state index in [2.05, 4.69) is 20.7 Å². The minimum Gasteiger partial charge on any atom is -0.248 e. The third-order valence-corrected chi connectivity index (χ3v) is 3.51. The molecule has 1 atom stereocenters. The summed E-state index contributed by atoms with van der Waals surface area (Å²) in [6.07, 6.45) is -4.31. The first kappa shape index (κ1) is 15.9. The standard InChI is InChI=1S/C12H15BrF3NS/c1-11(2,3)18-17-10(12(14,15)16)8-4-6-9(13)7-5-8/h4-7,10,17H,1-3H3. The van der Waals surface area contributed by atoms with E-state index in [1.807, 2.05) is 20.8 Å². The van der Waals surface area contributed by atoms with Crippen LogP contribution in [0.2, 0.25) is 0 Å².